The molecule has 0 aliphatic carbocycles. The number of aromatic amines is 1. The molecule has 2 aromatic carbocycles. The Morgan fingerprint density at radius 3 is 2.94 bits per heavy atom. The molecule has 156 valence electrons. The molecule has 0 saturated carbocycles. The van der Waals surface area contributed by atoms with E-state index in [1.807, 2.05) is 26.0 Å². The number of carbonyl (C=O) groups excluding carboxylic acids is 1. The Kier molecular flexibility index (Phi) is 5.76. The molecule has 31 heavy (non-hydrogen) atoms. The Morgan fingerprint density at radius 2 is 2.13 bits per heavy atom. The molecule has 0 radical (unpaired) electrons. The normalized spacial score (nSPS) is 13.1. The van der Waals surface area contributed by atoms with Crippen molar-refractivity contribution < 1.29 is 9.53 Å². The van der Waals surface area contributed by atoms with Crippen LogP contribution >= 0.6 is 0 Å². The average molecular weight is 414 g/mol. The number of hydrogen-bond donors (Lipinski definition) is 2. The zero-order chi connectivity index (χ0) is 21.8. The quantitative estimate of drug-likeness (QED) is 0.618. The lowest BCUT2D eigenvalue weighted by molar-refractivity contribution is -0.123. The smallest absolute Gasteiger partial charge is 0.258 e. The van der Waals surface area contributed by atoms with E-state index in [-0.39, 0.29) is 18.6 Å². The molecule has 1 aliphatic rings. The monoisotopic (exact) mass is 414 g/mol. The fourth-order valence-electron chi connectivity index (χ4n) is 3.42. The van der Waals surface area contributed by atoms with Crippen LogP contribution in [0.1, 0.15) is 37.0 Å². The highest BCUT2D eigenvalue weighted by Crippen LogP contribution is 2.23. The van der Waals surface area contributed by atoms with Gasteiger partial charge in [-0.3, -0.25) is 9.89 Å². The van der Waals surface area contributed by atoms with Gasteiger partial charge < -0.3 is 10.1 Å². The van der Waals surface area contributed by atoms with Gasteiger partial charge in [-0.15, -0.1) is 0 Å². The summed E-state index contributed by atoms with van der Waals surface area (Å²) >= 11 is 0. The molecule has 0 bridgehead atoms. The van der Waals surface area contributed by atoms with Crippen molar-refractivity contribution in [3.63, 3.8) is 0 Å². The summed E-state index contributed by atoms with van der Waals surface area (Å²) in [6, 6.07) is 13.6. The summed E-state index contributed by atoms with van der Waals surface area (Å²) in [6.45, 7) is 3.62. The maximum absolute atomic E-state index is 11.8. The lowest BCUT2D eigenvalue weighted by Gasteiger charge is -2.11. The van der Waals surface area contributed by atoms with E-state index in [1.54, 1.807) is 18.3 Å². The standard InChI is InChI=1S/C23H22N6O2/c1-14(2)26-23(30)13-31-22-6-4-16(9-17(22)11-24)21-10-19(27-29-21)8-15-3-5-20-18(7-15)12-25-28-20/h3-7,9,12,14H,8,10,13H2,1-2H3,(H,25,28)(H,26,30). The summed E-state index contributed by atoms with van der Waals surface area (Å²) in [6.07, 6.45) is 3.12. The Bertz CT molecular complexity index is 1230. The molecule has 8 nitrogen and oxygen atoms in total. The van der Waals surface area contributed by atoms with Gasteiger partial charge in [0, 0.05) is 24.3 Å². The lowest BCUT2D eigenvalue weighted by Crippen LogP contribution is -2.34. The summed E-state index contributed by atoms with van der Waals surface area (Å²) in [5.74, 6) is 0.146. The van der Waals surface area contributed by atoms with Gasteiger partial charge in [0.05, 0.1) is 28.7 Å². The minimum absolute atomic E-state index is 0.0325. The molecule has 8 heteroatoms. The summed E-state index contributed by atoms with van der Waals surface area (Å²) < 4.78 is 5.53. The average Bonchev–Trinajstić information content (AvgIpc) is 3.41. The van der Waals surface area contributed by atoms with Crippen molar-refractivity contribution in [2.75, 3.05) is 6.61 Å². The minimum atomic E-state index is -0.227. The van der Waals surface area contributed by atoms with Gasteiger partial charge in [0.25, 0.3) is 5.91 Å². The SMILES string of the molecule is CC(C)NC(=O)COc1ccc(C2=NN=C(Cc3ccc4[nH]ncc4c3)C2)cc1C#N. The molecular formula is C23H22N6O2. The van der Waals surface area contributed by atoms with Crippen molar-refractivity contribution in [3.8, 4) is 11.8 Å². The fraction of sp³-hybridized carbons (Fsp3) is 0.261. The summed E-state index contributed by atoms with van der Waals surface area (Å²) in [5, 5.41) is 29.0. The van der Waals surface area contributed by atoms with Crippen molar-refractivity contribution in [2.24, 2.45) is 10.2 Å². The molecule has 1 amide bonds. The summed E-state index contributed by atoms with van der Waals surface area (Å²) in [7, 11) is 0. The molecule has 2 heterocycles. The van der Waals surface area contributed by atoms with Crippen molar-refractivity contribution in [3.05, 3.63) is 59.3 Å². The first-order chi connectivity index (χ1) is 15.0. The fourth-order valence-corrected chi connectivity index (χ4v) is 3.42. The number of rotatable bonds is 7. The molecule has 0 atom stereocenters. The van der Waals surface area contributed by atoms with E-state index in [9.17, 15) is 10.1 Å². The number of H-pyrrole nitrogens is 1. The van der Waals surface area contributed by atoms with Crippen LogP contribution in [0.25, 0.3) is 10.9 Å². The number of amides is 1. The number of nitrogens with zero attached hydrogens (tertiary/aromatic N) is 4. The number of fused-ring (bicyclic) bond motifs is 1. The Labute approximate surface area is 179 Å². The number of hydrogen-bond acceptors (Lipinski definition) is 6. The minimum Gasteiger partial charge on any atom is -0.482 e. The van der Waals surface area contributed by atoms with Gasteiger partial charge in [0.15, 0.2) is 6.61 Å². The van der Waals surface area contributed by atoms with Gasteiger partial charge in [0.1, 0.15) is 11.8 Å². The van der Waals surface area contributed by atoms with Crippen LogP contribution in [0.5, 0.6) is 5.75 Å². The predicted octanol–water partition coefficient (Wildman–Crippen LogP) is 3.13. The van der Waals surface area contributed by atoms with Crippen LogP contribution in [-0.2, 0) is 11.2 Å². The number of benzene rings is 2. The van der Waals surface area contributed by atoms with E-state index in [4.69, 9.17) is 4.74 Å². The van der Waals surface area contributed by atoms with Crippen molar-refractivity contribution in [1.82, 2.24) is 15.5 Å². The third kappa shape index (κ3) is 4.78. The second-order valence-electron chi connectivity index (χ2n) is 7.69. The molecule has 0 unspecified atom stereocenters. The predicted molar refractivity (Wildman–Crippen MR) is 118 cm³/mol. The van der Waals surface area contributed by atoms with Crippen LogP contribution in [0.3, 0.4) is 0 Å². The number of ether oxygens (including phenoxy) is 1. The number of carbonyl (C=O) groups is 1. The molecule has 0 fully saturated rings. The highest BCUT2D eigenvalue weighted by molar-refractivity contribution is 6.15. The number of aromatic nitrogens is 2. The second-order valence-corrected chi connectivity index (χ2v) is 7.69. The van der Waals surface area contributed by atoms with E-state index in [1.165, 1.54) is 0 Å². The van der Waals surface area contributed by atoms with Crippen molar-refractivity contribution in [2.45, 2.75) is 32.7 Å². The van der Waals surface area contributed by atoms with Crippen molar-refractivity contribution >= 4 is 28.2 Å². The first-order valence-corrected chi connectivity index (χ1v) is 10.0. The van der Waals surface area contributed by atoms with E-state index in [2.05, 4.69) is 43.9 Å². The van der Waals surface area contributed by atoms with E-state index < -0.39 is 0 Å². The largest absolute Gasteiger partial charge is 0.482 e. The first kappa shape index (κ1) is 20.3. The van der Waals surface area contributed by atoms with E-state index >= 15 is 0 Å². The molecule has 0 saturated heterocycles. The first-order valence-electron chi connectivity index (χ1n) is 10.0. The maximum atomic E-state index is 11.8. The number of nitrogens with one attached hydrogen (secondary N) is 2. The van der Waals surface area contributed by atoms with Crippen LogP contribution in [-0.4, -0.2) is 40.2 Å². The van der Waals surface area contributed by atoms with Gasteiger partial charge in [-0.1, -0.05) is 6.07 Å². The van der Waals surface area contributed by atoms with E-state index in [0.29, 0.717) is 24.2 Å². The Hall–Kier alpha value is -3.99. The summed E-state index contributed by atoms with van der Waals surface area (Å²) in [5.41, 5.74) is 5.09. The van der Waals surface area contributed by atoms with Crippen LogP contribution in [0.4, 0.5) is 0 Å². The Balaban J connectivity index is 1.40. The molecule has 3 aromatic rings. The zero-order valence-electron chi connectivity index (χ0n) is 17.3. The molecule has 4 rings (SSSR count). The maximum Gasteiger partial charge on any atom is 0.258 e. The third-order valence-corrected chi connectivity index (χ3v) is 4.84. The van der Waals surface area contributed by atoms with E-state index in [0.717, 1.165) is 33.5 Å². The Morgan fingerprint density at radius 1 is 1.26 bits per heavy atom. The van der Waals surface area contributed by atoms with Crippen LogP contribution in [0, 0.1) is 11.3 Å². The zero-order valence-corrected chi connectivity index (χ0v) is 17.3. The highest BCUT2D eigenvalue weighted by Gasteiger charge is 2.17. The molecular weight excluding hydrogens is 392 g/mol. The van der Waals surface area contributed by atoms with Crippen LogP contribution < -0.4 is 10.1 Å². The number of nitriles is 1. The van der Waals surface area contributed by atoms with Gasteiger partial charge in [-0.25, -0.2) is 0 Å². The van der Waals surface area contributed by atoms with Gasteiger partial charge in [-0.05, 0) is 55.3 Å². The summed E-state index contributed by atoms with van der Waals surface area (Å²) in [4.78, 5) is 11.8. The molecule has 1 aliphatic heterocycles. The topological polar surface area (TPSA) is 116 Å². The molecule has 1 aromatic heterocycles. The highest BCUT2D eigenvalue weighted by atomic mass is 16.5. The molecule has 2 N–H and O–H groups in total. The van der Waals surface area contributed by atoms with Gasteiger partial charge >= 0.3 is 0 Å². The van der Waals surface area contributed by atoms with Gasteiger partial charge in [-0.2, -0.15) is 20.6 Å². The second kappa shape index (κ2) is 8.79. The van der Waals surface area contributed by atoms with Gasteiger partial charge in [0.2, 0.25) is 0 Å². The van der Waals surface area contributed by atoms with Crippen molar-refractivity contribution in [1.29, 1.82) is 5.26 Å². The molecule has 0 spiro atoms. The lowest BCUT2D eigenvalue weighted by atomic mass is 9.99. The third-order valence-electron chi connectivity index (χ3n) is 4.84. The van der Waals surface area contributed by atoms with Crippen LogP contribution in [0.2, 0.25) is 0 Å². The van der Waals surface area contributed by atoms with Crippen LogP contribution in [0.15, 0.2) is 52.8 Å².